The molecular formula is C15H17N3O3. The predicted octanol–water partition coefficient (Wildman–Crippen LogP) is 1.45. The lowest BCUT2D eigenvalue weighted by Gasteiger charge is -2.09. The number of aromatic amines is 1. The molecule has 6 heteroatoms. The highest BCUT2D eigenvalue weighted by Gasteiger charge is 2.13. The molecule has 0 spiro atoms. The predicted molar refractivity (Wildman–Crippen MR) is 81.7 cm³/mol. The maximum absolute atomic E-state index is 11.9. The molecule has 6 nitrogen and oxygen atoms in total. The summed E-state index contributed by atoms with van der Waals surface area (Å²) in [5, 5.41) is 10.2. The number of nitrogens with one attached hydrogen (secondary N) is 1. The minimum atomic E-state index is -0.690. The summed E-state index contributed by atoms with van der Waals surface area (Å²) >= 11 is 0. The van der Waals surface area contributed by atoms with Crippen molar-refractivity contribution >= 4 is 6.21 Å². The second-order valence-electron chi connectivity index (χ2n) is 4.70. The van der Waals surface area contributed by atoms with Crippen molar-refractivity contribution in [3.8, 4) is 11.6 Å². The summed E-state index contributed by atoms with van der Waals surface area (Å²) in [6, 6.07) is 8.62. The summed E-state index contributed by atoms with van der Waals surface area (Å²) in [6.45, 7) is 3.87. The number of rotatable bonds is 4. The molecule has 0 bridgehead atoms. The molecule has 1 atom stereocenters. The van der Waals surface area contributed by atoms with Crippen LogP contribution in [0, 0.1) is 0 Å². The lowest BCUT2D eigenvalue weighted by molar-refractivity contribution is 0.430. The van der Waals surface area contributed by atoms with E-state index in [1.807, 2.05) is 13.8 Å². The lowest BCUT2D eigenvalue weighted by atomic mass is 10.2. The summed E-state index contributed by atoms with van der Waals surface area (Å²) in [7, 11) is 0. The fraction of sp³-hybridized carbons (Fsp3) is 0.267. The van der Waals surface area contributed by atoms with E-state index in [4.69, 9.17) is 0 Å². The topological polar surface area (TPSA) is 87.4 Å². The molecule has 1 aromatic heterocycles. The van der Waals surface area contributed by atoms with E-state index in [2.05, 4.69) is 9.98 Å². The van der Waals surface area contributed by atoms with Gasteiger partial charge in [0.15, 0.2) is 0 Å². The molecule has 0 radical (unpaired) electrons. The summed E-state index contributed by atoms with van der Waals surface area (Å²) < 4.78 is 1.04. The highest BCUT2D eigenvalue weighted by molar-refractivity contribution is 5.82. The molecular weight excluding hydrogens is 270 g/mol. The summed E-state index contributed by atoms with van der Waals surface area (Å²) in [5.74, 6) is -0.415. The number of para-hydroxylation sites is 1. The molecule has 1 heterocycles. The largest absolute Gasteiger partial charge is 0.493 e. The SMILES string of the molecule is CC[C@@H](C)N=Cc1c(O)n(-c2ccccc2)c(=O)[nH]c1=O. The third kappa shape index (κ3) is 3.10. The number of hydrogen-bond acceptors (Lipinski definition) is 4. The van der Waals surface area contributed by atoms with Gasteiger partial charge in [-0.25, -0.2) is 9.36 Å². The van der Waals surface area contributed by atoms with Crippen LogP contribution in [0.25, 0.3) is 5.69 Å². The van der Waals surface area contributed by atoms with E-state index in [0.29, 0.717) is 5.69 Å². The smallest absolute Gasteiger partial charge is 0.335 e. The van der Waals surface area contributed by atoms with Crippen LogP contribution in [0.1, 0.15) is 25.8 Å². The van der Waals surface area contributed by atoms with Gasteiger partial charge >= 0.3 is 5.69 Å². The van der Waals surface area contributed by atoms with Crippen LogP contribution in [0.5, 0.6) is 5.88 Å². The fourth-order valence-corrected chi connectivity index (χ4v) is 1.78. The van der Waals surface area contributed by atoms with Crippen LogP contribution < -0.4 is 11.2 Å². The quantitative estimate of drug-likeness (QED) is 0.834. The zero-order valence-corrected chi connectivity index (χ0v) is 11.9. The maximum Gasteiger partial charge on any atom is 0.335 e. The van der Waals surface area contributed by atoms with E-state index < -0.39 is 17.1 Å². The molecule has 110 valence electrons. The number of benzene rings is 1. The van der Waals surface area contributed by atoms with E-state index in [9.17, 15) is 14.7 Å². The number of aliphatic imine (C=N–C) groups is 1. The first-order chi connectivity index (χ1) is 10.0. The van der Waals surface area contributed by atoms with Gasteiger partial charge in [0.25, 0.3) is 5.56 Å². The monoisotopic (exact) mass is 287 g/mol. The van der Waals surface area contributed by atoms with Crippen LogP contribution in [0.3, 0.4) is 0 Å². The minimum absolute atomic E-state index is 0.0286. The molecule has 0 amide bonds. The van der Waals surface area contributed by atoms with Gasteiger partial charge in [-0.1, -0.05) is 25.1 Å². The summed E-state index contributed by atoms with van der Waals surface area (Å²) in [5.41, 5.74) is -0.908. The van der Waals surface area contributed by atoms with Gasteiger partial charge in [-0.15, -0.1) is 0 Å². The van der Waals surface area contributed by atoms with Crippen molar-refractivity contribution in [2.24, 2.45) is 4.99 Å². The Hall–Kier alpha value is -2.63. The van der Waals surface area contributed by atoms with Gasteiger partial charge < -0.3 is 5.11 Å². The van der Waals surface area contributed by atoms with Crippen LogP contribution in [0.2, 0.25) is 0 Å². The average molecular weight is 287 g/mol. The van der Waals surface area contributed by atoms with Crippen molar-refractivity contribution in [2.45, 2.75) is 26.3 Å². The van der Waals surface area contributed by atoms with E-state index in [1.54, 1.807) is 30.3 Å². The van der Waals surface area contributed by atoms with Gasteiger partial charge in [0, 0.05) is 12.3 Å². The molecule has 0 saturated carbocycles. The zero-order valence-electron chi connectivity index (χ0n) is 11.9. The molecule has 21 heavy (non-hydrogen) atoms. The molecule has 0 unspecified atom stereocenters. The van der Waals surface area contributed by atoms with Crippen molar-refractivity contribution in [1.82, 2.24) is 9.55 Å². The Kier molecular flexibility index (Phi) is 4.37. The summed E-state index contributed by atoms with van der Waals surface area (Å²) in [4.78, 5) is 30.1. The van der Waals surface area contributed by atoms with Crippen LogP contribution in [-0.2, 0) is 0 Å². The van der Waals surface area contributed by atoms with Crippen molar-refractivity contribution in [3.63, 3.8) is 0 Å². The molecule has 0 aliphatic carbocycles. The maximum atomic E-state index is 11.9. The van der Waals surface area contributed by atoms with Gasteiger partial charge in [0.1, 0.15) is 5.56 Å². The van der Waals surface area contributed by atoms with Crippen molar-refractivity contribution < 1.29 is 5.11 Å². The van der Waals surface area contributed by atoms with Crippen molar-refractivity contribution in [2.75, 3.05) is 0 Å². The molecule has 2 aromatic rings. The van der Waals surface area contributed by atoms with Crippen LogP contribution >= 0.6 is 0 Å². The van der Waals surface area contributed by atoms with Gasteiger partial charge in [-0.3, -0.25) is 14.8 Å². The molecule has 2 N–H and O–H groups in total. The Balaban J connectivity index is 2.62. The Morgan fingerprint density at radius 2 is 2.00 bits per heavy atom. The summed E-state index contributed by atoms with van der Waals surface area (Å²) in [6.07, 6.45) is 2.12. The highest BCUT2D eigenvalue weighted by atomic mass is 16.3. The number of H-pyrrole nitrogens is 1. The molecule has 0 aliphatic rings. The van der Waals surface area contributed by atoms with E-state index in [0.717, 1.165) is 11.0 Å². The third-order valence-corrected chi connectivity index (χ3v) is 3.18. The number of aromatic nitrogens is 2. The van der Waals surface area contributed by atoms with Gasteiger partial charge in [0.2, 0.25) is 5.88 Å². The third-order valence-electron chi connectivity index (χ3n) is 3.18. The van der Waals surface area contributed by atoms with Crippen molar-refractivity contribution in [3.05, 3.63) is 56.7 Å². The Bertz CT molecular complexity index is 760. The Morgan fingerprint density at radius 3 is 2.62 bits per heavy atom. The number of aromatic hydroxyl groups is 1. The normalized spacial score (nSPS) is 12.7. The van der Waals surface area contributed by atoms with Crippen LogP contribution in [0.15, 0.2) is 44.9 Å². The van der Waals surface area contributed by atoms with Gasteiger partial charge in [0.05, 0.1) is 5.69 Å². The molecule has 0 saturated heterocycles. The van der Waals surface area contributed by atoms with E-state index in [-0.39, 0.29) is 11.6 Å². The average Bonchev–Trinajstić information content (AvgIpc) is 2.47. The molecule has 0 aliphatic heterocycles. The minimum Gasteiger partial charge on any atom is -0.493 e. The lowest BCUT2D eigenvalue weighted by Crippen LogP contribution is -2.31. The fourth-order valence-electron chi connectivity index (χ4n) is 1.78. The first kappa shape index (κ1) is 14.8. The van der Waals surface area contributed by atoms with Crippen LogP contribution in [0.4, 0.5) is 0 Å². The standard InChI is InChI=1S/C15H17N3O3/c1-3-10(2)16-9-12-13(19)17-15(21)18(14(12)20)11-7-5-4-6-8-11/h4-10,20H,3H2,1-2H3,(H,17,19,21)/t10-/m1/s1. The van der Waals surface area contributed by atoms with Crippen LogP contribution in [-0.4, -0.2) is 26.9 Å². The second-order valence-corrected chi connectivity index (χ2v) is 4.70. The van der Waals surface area contributed by atoms with E-state index in [1.165, 1.54) is 6.21 Å². The molecule has 1 aromatic carbocycles. The molecule has 0 fully saturated rings. The van der Waals surface area contributed by atoms with Gasteiger partial charge in [-0.2, -0.15) is 0 Å². The Labute approximate surface area is 121 Å². The number of nitrogens with zero attached hydrogens (tertiary/aromatic N) is 2. The Morgan fingerprint density at radius 1 is 1.33 bits per heavy atom. The highest BCUT2D eigenvalue weighted by Crippen LogP contribution is 2.14. The number of hydrogen-bond donors (Lipinski definition) is 2. The zero-order chi connectivity index (χ0) is 15.4. The van der Waals surface area contributed by atoms with Gasteiger partial charge in [-0.05, 0) is 25.5 Å². The first-order valence-electron chi connectivity index (χ1n) is 6.71. The molecule has 2 rings (SSSR count). The van der Waals surface area contributed by atoms with Crippen molar-refractivity contribution in [1.29, 1.82) is 0 Å². The first-order valence-corrected chi connectivity index (χ1v) is 6.71. The van der Waals surface area contributed by atoms with E-state index >= 15 is 0 Å². The second kappa shape index (κ2) is 6.21.